The maximum absolute atomic E-state index is 13.8. The third kappa shape index (κ3) is 7.49. The van der Waals surface area contributed by atoms with Crippen LogP contribution < -0.4 is 9.62 Å². The van der Waals surface area contributed by atoms with Crippen molar-refractivity contribution in [1.29, 1.82) is 0 Å². The van der Waals surface area contributed by atoms with Gasteiger partial charge in [0.1, 0.15) is 24.2 Å². The summed E-state index contributed by atoms with van der Waals surface area (Å²) in [6.45, 7) is 1.14. The molecule has 1 N–H and O–H groups in total. The van der Waals surface area contributed by atoms with Crippen LogP contribution >= 0.6 is 0 Å². The maximum Gasteiger partial charge on any atom is 0.244 e. The Morgan fingerprint density at radius 1 is 1.03 bits per heavy atom. The van der Waals surface area contributed by atoms with Gasteiger partial charge in [-0.3, -0.25) is 13.9 Å². The molecule has 0 radical (unpaired) electrons. The standard InChI is InChI=1S/C26H33F2N3O4S/c1-3-24(26(33)29-22-9-5-4-6-10-22)30(17-19-12-14-20(27)15-13-19)25(32)18-31(36(2,34)35)23-11-7-8-21(28)16-23/h7-8,11-16,22,24H,3-6,9-10,17-18H2,1-2H3,(H,29,33). The van der Waals surface area contributed by atoms with Crippen molar-refractivity contribution < 1.29 is 26.8 Å². The number of nitrogens with one attached hydrogen (secondary N) is 1. The van der Waals surface area contributed by atoms with Gasteiger partial charge in [-0.2, -0.15) is 0 Å². The van der Waals surface area contributed by atoms with Gasteiger partial charge in [0.05, 0.1) is 11.9 Å². The Kier molecular flexibility index (Phi) is 9.42. The van der Waals surface area contributed by atoms with Gasteiger partial charge in [-0.25, -0.2) is 17.2 Å². The van der Waals surface area contributed by atoms with Crippen LogP contribution in [-0.4, -0.2) is 50.0 Å². The third-order valence-corrected chi connectivity index (χ3v) is 7.52. The predicted molar refractivity (Wildman–Crippen MR) is 135 cm³/mol. The molecule has 1 unspecified atom stereocenters. The molecule has 0 aliphatic heterocycles. The molecule has 1 aliphatic carbocycles. The minimum absolute atomic E-state index is 0.00675. The van der Waals surface area contributed by atoms with E-state index in [-0.39, 0.29) is 24.2 Å². The van der Waals surface area contributed by atoms with Crippen molar-refractivity contribution in [3.05, 3.63) is 65.7 Å². The van der Waals surface area contributed by atoms with Gasteiger partial charge in [-0.1, -0.05) is 44.4 Å². The normalized spacial score (nSPS) is 15.2. The first kappa shape index (κ1) is 27.6. The highest BCUT2D eigenvalue weighted by Crippen LogP contribution is 2.22. The van der Waals surface area contributed by atoms with Crippen LogP contribution in [0.5, 0.6) is 0 Å². The topological polar surface area (TPSA) is 86.8 Å². The fraction of sp³-hybridized carbons (Fsp3) is 0.462. The lowest BCUT2D eigenvalue weighted by atomic mass is 9.95. The molecule has 10 heteroatoms. The molecular weight excluding hydrogens is 488 g/mol. The minimum Gasteiger partial charge on any atom is -0.352 e. The van der Waals surface area contributed by atoms with Gasteiger partial charge < -0.3 is 10.2 Å². The molecule has 0 saturated heterocycles. The van der Waals surface area contributed by atoms with Crippen molar-refractivity contribution in [2.45, 2.75) is 64.1 Å². The summed E-state index contributed by atoms with van der Waals surface area (Å²) < 4.78 is 53.2. The van der Waals surface area contributed by atoms with E-state index in [0.29, 0.717) is 12.0 Å². The Morgan fingerprint density at radius 3 is 2.28 bits per heavy atom. The number of halogens is 2. The first-order valence-corrected chi connectivity index (χ1v) is 14.0. The maximum atomic E-state index is 13.8. The SMILES string of the molecule is CCC(C(=O)NC1CCCCC1)N(Cc1ccc(F)cc1)C(=O)CN(c1cccc(F)c1)S(C)(=O)=O. The number of nitrogens with zero attached hydrogens (tertiary/aromatic N) is 2. The Hall–Kier alpha value is -3.01. The number of benzene rings is 2. The van der Waals surface area contributed by atoms with Gasteiger partial charge in [-0.05, 0) is 55.2 Å². The van der Waals surface area contributed by atoms with Crippen LogP contribution in [0.3, 0.4) is 0 Å². The molecule has 36 heavy (non-hydrogen) atoms. The van der Waals surface area contributed by atoms with Crippen LogP contribution in [0.25, 0.3) is 0 Å². The summed E-state index contributed by atoms with van der Waals surface area (Å²) in [6.07, 6.45) is 6.14. The highest BCUT2D eigenvalue weighted by Gasteiger charge is 2.32. The number of carbonyl (C=O) groups is 2. The number of hydrogen-bond acceptors (Lipinski definition) is 4. The fourth-order valence-electron chi connectivity index (χ4n) is 4.50. The fourth-order valence-corrected chi connectivity index (χ4v) is 5.34. The number of carbonyl (C=O) groups excluding carboxylic acids is 2. The van der Waals surface area contributed by atoms with Crippen molar-refractivity contribution in [2.75, 3.05) is 17.1 Å². The first-order chi connectivity index (χ1) is 17.1. The van der Waals surface area contributed by atoms with E-state index in [1.807, 2.05) is 0 Å². The third-order valence-electron chi connectivity index (χ3n) is 6.38. The molecule has 2 aromatic carbocycles. The van der Waals surface area contributed by atoms with E-state index in [4.69, 9.17) is 0 Å². The molecule has 1 aliphatic rings. The Bertz CT molecular complexity index is 1150. The van der Waals surface area contributed by atoms with Crippen LogP contribution in [0.15, 0.2) is 48.5 Å². The number of rotatable bonds is 10. The number of hydrogen-bond donors (Lipinski definition) is 1. The van der Waals surface area contributed by atoms with Gasteiger partial charge in [0.2, 0.25) is 21.8 Å². The molecule has 196 valence electrons. The Balaban J connectivity index is 1.90. The lowest BCUT2D eigenvalue weighted by molar-refractivity contribution is -0.140. The lowest BCUT2D eigenvalue weighted by Gasteiger charge is -2.34. The summed E-state index contributed by atoms with van der Waals surface area (Å²) in [6, 6.07) is 9.69. The van der Waals surface area contributed by atoms with Crippen LogP contribution in [-0.2, 0) is 26.2 Å². The average molecular weight is 522 g/mol. The van der Waals surface area contributed by atoms with Crippen molar-refractivity contribution >= 4 is 27.5 Å². The van der Waals surface area contributed by atoms with Crippen molar-refractivity contribution in [3.8, 4) is 0 Å². The zero-order valence-corrected chi connectivity index (χ0v) is 21.4. The van der Waals surface area contributed by atoms with Crippen molar-refractivity contribution in [1.82, 2.24) is 10.2 Å². The molecule has 0 aromatic heterocycles. The number of anilines is 1. The number of sulfonamides is 1. The summed E-state index contributed by atoms with van der Waals surface area (Å²) in [7, 11) is -3.95. The zero-order valence-electron chi connectivity index (χ0n) is 20.6. The van der Waals surface area contributed by atoms with E-state index < -0.39 is 40.2 Å². The second-order valence-corrected chi connectivity index (χ2v) is 11.1. The van der Waals surface area contributed by atoms with Crippen LogP contribution in [0.1, 0.15) is 51.0 Å². The summed E-state index contributed by atoms with van der Waals surface area (Å²) in [5, 5.41) is 3.05. The Morgan fingerprint density at radius 2 is 1.69 bits per heavy atom. The molecule has 7 nitrogen and oxygen atoms in total. The summed E-state index contributed by atoms with van der Waals surface area (Å²) >= 11 is 0. The highest BCUT2D eigenvalue weighted by atomic mass is 32.2. The molecule has 0 spiro atoms. The molecule has 1 fully saturated rings. The average Bonchev–Trinajstić information content (AvgIpc) is 2.83. The van der Waals surface area contributed by atoms with Gasteiger partial charge in [-0.15, -0.1) is 0 Å². The summed E-state index contributed by atoms with van der Waals surface area (Å²) in [4.78, 5) is 28.2. The van der Waals surface area contributed by atoms with E-state index in [9.17, 15) is 26.8 Å². The van der Waals surface area contributed by atoms with E-state index in [1.165, 1.54) is 47.4 Å². The molecule has 1 saturated carbocycles. The van der Waals surface area contributed by atoms with Gasteiger partial charge in [0, 0.05) is 12.6 Å². The molecule has 0 heterocycles. The van der Waals surface area contributed by atoms with Crippen LogP contribution in [0.2, 0.25) is 0 Å². The summed E-state index contributed by atoms with van der Waals surface area (Å²) in [5.41, 5.74) is 0.595. The molecule has 3 rings (SSSR count). The smallest absolute Gasteiger partial charge is 0.244 e. The second kappa shape index (κ2) is 12.3. The second-order valence-electron chi connectivity index (χ2n) is 9.17. The molecular formula is C26H33F2N3O4S. The van der Waals surface area contributed by atoms with Gasteiger partial charge in [0.15, 0.2) is 0 Å². The van der Waals surface area contributed by atoms with Crippen molar-refractivity contribution in [3.63, 3.8) is 0 Å². The van der Waals surface area contributed by atoms with E-state index in [1.54, 1.807) is 6.92 Å². The largest absolute Gasteiger partial charge is 0.352 e. The van der Waals surface area contributed by atoms with Gasteiger partial charge >= 0.3 is 0 Å². The molecule has 2 aromatic rings. The highest BCUT2D eigenvalue weighted by molar-refractivity contribution is 7.92. The zero-order chi connectivity index (χ0) is 26.3. The van der Waals surface area contributed by atoms with Crippen LogP contribution in [0, 0.1) is 11.6 Å². The number of amides is 2. The predicted octanol–water partition coefficient (Wildman–Crippen LogP) is 3.99. The van der Waals surface area contributed by atoms with Crippen LogP contribution in [0.4, 0.5) is 14.5 Å². The van der Waals surface area contributed by atoms with E-state index in [2.05, 4.69) is 5.32 Å². The molecule has 2 amide bonds. The Labute approximate surface area is 211 Å². The van der Waals surface area contributed by atoms with E-state index >= 15 is 0 Å². The van der Waals surface area contributed by atoms with Gasteiger partial charge in [0.25, 0.3) is 0 Å². The van der Waals surface area contributed by atoms with E-state index in [0.717, 1.165) is 48.7 Å². The van der Waals surface area contributed by atoms with Crippen molar-refractivity contribution in [2.24, 2.45) is 0 Å². The minimum atomic E-state index is -3.95. The quantitative estimate of drug-likeness (QED) is 0.512. The molecule has 0 bridgehead atoms. The lowest BCUT2D eigenvalue weighted by Crippen LogP contribution is -2.53. The molecule has 1 atom stereocenters. The first-order valence-electron chi connectivity index (χ1n) is 12.2. The monoisotopic (exact) mass is 521 g/mol. The summed E-state index contributed by atoms with van der Waals surface area (Å²) in [5.74, 6) is -2.01.